The van der Waals surface area contributed by atoms with Gasteiger partial charge in [-0.1, -0.05) is 11.6 Å². The number of thiazole rings is 1. The molecule has 1 fully saturated rings. The lowest BCUT2D eigenvalue weighted by atomic mass is 10.0. The van der Waals surface area contributed by atoms with Crippen LogP contribution in [0.25, 0.3) is 10.2 Å². The smallest absolute Gasteiger partial charge is 0.321 e. The fourth-order valence-electron chi connectivity index (χ4n) is 4.37. The average molecular weight is 543 g/mol. The van der Waals surface area contributed by atoms with Crippen molar-refractivity contribution >= 4 is 62.7 Å². The van der Waals surface area contributed by atoms with E-state index in [9.17, 15) is 19.2 Å². The van der Waals surface area contributed by atoms with Crippen molar-refractivity contribution in [2.24, 2.45) is 0 Å². The van der Waals surface area contributed by atoms with Crippen LogP contribution < -0.4 is 20.7 Å². The Bertz CT molecular complexity index is 1470. The van der Waals surface area contributed by atoms with Crippen LogP contribution in [0.4, 0.5) is 10.6 Å². The van der Waals surface area contributed by atoms with Crippen molar-refractivity contribution in [3.63, 3.8) is 0 Å². The van der Waals surface area contributed by atoms with Crippen LogP contribution >= 0.6 is 22.9 Å². The maximum absolute atomic E-state index is 12.9. The molecule has 192 valence electrons. The van der Waals surface area contributed by atoms with Gasteiger partial charge in [0.2, 0.25) is 11.8 Å². The zero-order chi connectivity index (χ0) is 26.5. The normalized spacial score (nSPS) is 17.6. The van der Waals surface area contributed by atoms with Crippen molar-refractivity contribution in [1.82, 2.24) is 25.5 Å². The fraction of sp³-hybridized carbons (Fsp3) is 0.333. The zero-order valence-electron chi connectivity index (χ0n) is 20.2. The number of hydrogen-bond donors (Lipinski definition) is 3. The van der Waals surface area contributed by atoms with Gasteiger partial charge in [0.1, 0.15) is 28.1 Å². The topological polar surface area (TPSA) is 143 Å². The van der Waals surface area contributed by atoms with Crippen LogP contribution in [-0.4, -0.2) is 51.8 Å². The number of anilines is 1. The molecule has 0 aliphatic carbocycles. The van der Waals surface area contributed by atoms with E-state index in [1.165, 1.54) is 22.3 Å². The number of piperidine rings is 1. The van der Waals surface area contributed by atoms with Crippen molar-refractivity contribution < 1.29 is 23.9 Å². The summed E-state index contributed by atoms with van der Waals surface area (Å²) in [5, 5.41) is 9.05. The van der Waals surface area contributed by atoms with E-state index in [-0.39, 0.29) is 37.0 Å². The second kappa shape index (κ2) is 9.27. The van der Waals surface area contributed by atoms with Gasteiger partial charge < -0.3 is 15.0 Å². The summed E-state index contributed by atoms with van der Waals surface area (Å²) in [5.41, 5.74) is 0.573. The van der Waals surface area contributed by atoms with E-state index in [1.807, 2.05) is 13.8 Å². The summed E-state index contributed by atoms with van der Waals surface area (Å²) in [6.45, 7) is 3.74. The maximum Gasteiger partial charge on any atom is 0.321 e. The molecule has 0 saturated carbocycles. The predicted molar refractivity (Wildman–Crippen MR) is 137 cm³/mol. The highest BCUT2D eigenvalue weighted by Crippen LogP contribution is 2.38. The molecule has 2 aliphatic rings. The molecule has 13 heteroatoms. The first kappa shape index (κ1) is 24.9. The Balaban J connectivity index is 1.29. The lowest BCUT2D eigenvalue weighted by molar-refractivity contribution is -0.136. The molecule has 3 N–H and O–H groups in total. The molecule has 2 aliphatic heterocycles. The highest BCUT2D eigenvalue weighted by Gasteiger charge is 2.40. The lowest BCUT2D eigenvalue weighted by Gasteiger charge is -2.29. The molecule has 5 amide bonds. The number of carbonyl (C=O) groups is 4. The van der Waals surface area contributed by atoms with Gasteiger partial charge >= 0.3 is 6.03 Å². The van der Waals surface area contributed by atoms with Crippen molar-refractivity contribution in [2.45, 2.75) is 44.8 Å². The number of ether oxygens (including phenoxy) is 1. The van der Waals surface area contributed by atoms with Crippen LogP contribution in [0.15, 0.2) is 24.3 Å². The van der Waals surface area contributed by atoms with Gasteiger partial charge in [-0.2, -0.15) is 0 Å². The number of halogens is 1. The van der Waals surface area contributed by atoms with Crippen LogP contribution in [0.3, 0.4) is 0 Å². The second-order valence-corrected chi connectivity index (χ2v) is 10.6. The van der Waals surface area contributed by atoms with E-state index < -0.39 is 23.5 Å². The van der Waals surface area contributed by atoms with Gasteiger partial charge in [-0.25, -0.2) is 14.8 Å². The van der Waals surface area contributed by atoms with Crippen LogP contribution in [0, 0.1) is 0 Å². The van der Waals surface area contributed by atoms with Crippen LogP contribution in [-0.2, 0) is 21.7 Å². The minimum atomic E-state index is -0.850. The van der Waals surface area contributed by atoms with E-state index in [0.29, 0.717) is 32.6 Å². The van der Waals surface area contributed by atoms with Gasteiger partial charge in [0.05, 0.1) is 40.2 Å². The number of pyridine rings is 1. The van der Waals surface area contributed by atoms with E-state index in [1.54, 1.807) is 25.3 Å². The number of urea groups is 1. The molecular weight excluding hydrogens is 520 g/mol. The molecule has 4 heterocycles. The summed E-state index contributed by atoms with van der Waals surface area (Å²) < 4.78 is 6.14. The molecule has 1 unspecified atom stereocenters. The van der Waals surface area contributed by atoms with Crippen molar-refractivity contribution in [1.29, 1.82) is 0 Å². The molecule has 1 atom stereocenters. The quantitative estimate of drug-likeness (QED) is 0.420. The maximum atomic E-state index is 12.9. The molecule has 11 nitrogen and oxygen atoms in total. The van der Waals surface area contributed by atoms with Crippen molar-refractivity contribution in [2.75, 3.05) is 12.4 Å². The first-order valence-electron chi connectivity index (χ1n) is 11.4. The van der Waals surface area contributed by atoms with Crippen molar-refractivity contribution in [3.8, 4) is 5.75 Å². The molecule has 0 bridgehead atoms. The number of amides is 5. The lowest BCUT2D eigenvalue weighted by Crippen LogP contribution is -2.52. The van der Waals surface area contributed by atoms with E-state index >= 15 is 0 Å². The standard InChI is InChI=1S/C24H23ClN6O5S/c1-24(2,22-29-18-15(36-3)7-5-12(25)19(18)37-22)30-23(35)27-16-8-4-11-13(26-16)10-31(21(11)34)14-6-9-17(32)28-20(14)33/h4-5,7-8,14H,6,9-10H2,1-3H3,(H,28,32,33)(H2,26,27,30,35). The van der Waals surface area contributed by atoms with Gasteiger partial charge in [0, 0.05) is 6.42 Å². The number of nitrogens with one attached hydrogen (secondary N) is 3. The monoisotopic (exact) mass is 542 g/mol. The Kier molecular flexibility index (Phi) is 6.24. The number of carbonyl (C=O) groups excluding carboxylic acids is 4. The highest BCUT2D eigenvalue weighted by atomic mass is 35.5. The minimum Gasteiger partial charge on any atom is -0.494 e. The first-order chi connectivity index (χ1) is 17.6. The number of aromatic nitrogens is 2. The Morgan fingerprint density at radius 3 is 2.73 bits per heavy atom. The number of hydrogen-bond acceptors (Lipinski definition) is 8. The number of rotatable bonds is 5. The van der Waals surface area contributed by atoms with Gasteiger partial charge in [-0.15, -0.1) is 11.3 Å². The number of imide groups is 1. The summed E-state index contributed by atoms with van der Waals surface area (Å²) in [6, 6.07) is 5.33. The first-order valence-corrected chi connectivity index (χ1v) is 12.6. The molecule has 2 aromatic heterocycles. The average Bonchev–Trinajstić information content (AvgIpc) is 3.42. The van der Waals surface area contributed by atoms with Gasteiger partial charge in [-0.3, -0.25) is 25.0 Å². The second-order valence-electron chi connectivity index (χ2n) is 9.24. The van der Waals surface area contributed by atoms with E-state index in [0.717, 1.165) is 4.70 Å². The number of fused-ring (bicyclic) bond motifs is 2. The Labute approximate surface area is 220 Å². The molecule has 0 radical (unpaired) electrons. The Morgan fingerprint density at radius 2 is 2.00 bits per heavy atom. The Hall–Kier alpha value is -3.77. The molecular formula is C24H23ClN6O5S. The predicted octanol–water partition coefficient (Wildman–Crippen LogP) is 3.17. The van der Waals surface area contributed by atoms with Crippen molar-refractivity contribution in [3.05, 3.63) is 45.6 Å². The van der Waals surface area contributed by atoms with E-state index in [2.05, 4.69) is 25.9 Å². The Morgan fingerprint density at radius 1 is 1.22 bits per heavy atom. The molecule has 37 heavy (non-hydrogen) atoms. The van der Waals surface area contributed by atoms with Crippen LogP contribution in [0.5, 0.6) is 5.75 Å². The molecule has 1 aromatic carbocycles. The third kappa shape index (κ3) is 4.58. The molecule has 5 rings (SSSR count). The van der Waals surface area contributed by atoms with E-state index in [4.69, 9.17) is 16.3 Å². The molecule has 1 saturated heterocycles. The number of benzene rings is 1. The largest absolute Gasteiger partial charge is 0.494 e. The summed E-state index contributed by atoms with van der Waals surface area (Å²) in [6.07, 6.45) is 0.427. The van der Waals surface area contributed by atoms with Gasteiger partial charge in [0.15, 0.2) is 0 Å². The molecule has 3 aromatic rings. The molecule has 0 spiro atoms. The summed E-state index contributed by atoms with van der Waals surface area (Å²) in [7, 11) is 1.56. The summed E-state index contributed by atoms with van der Waals surface area (Å²) in [5.74, 6) is -0.341. The number of nitrogens with zero attached hydrogens (tertiary/aromatic N) is 3. The third-order valence-corrected chi connectivity index (χ3v) is 8.09. The summed E-state index contributed by atoms with van der Waals surface area (Å²) >= 11 is 7.70. The van der Waals surface area contributed by atoms with Gasteiger partial charge in [0.25, 0.3) is 5.91 Å². The highest BCUT2D eigenvalue weighted by molar-refractivity contribution is 7.19. The third-order valence-electron chi connectivity index (χ3n) is 6.25. The van der Waals surface area contributed by atoms with Gasteiger partial charge in [-0.05, 0) is 44.5 Å². The fourth-order valence-corrected chi connectivity index (χ4v) is 5.69. The number of methoxy groups -OCH3 is 1. The zero-order valence-corrected chi connectivity index (χ0v) is 21.7. The summed E-state index contributed by atoms with van der Waals surface area (Å²) in [4.78, 5) is 59.9. The van der Waals surface area contributed by atoms with Crippen LogP contribution in [0.1, 0.15) is 47.7 Å². The van der Waals surface area contributed by atoms with Crippen LogP contribution in [0.2, 0.25) is 5.02 Å². The minimum absolute atomic E-state index is 0.109. The SMILES string of the molecule is COc1ccc(Cl)c2sc(C(C)(C)NC(=O)Nc3ccc4c(n3)CN(C3CCC(=O)NC3=O)C4=O)nc12.